The molecule has 3 aromatic rings. The van der Waals surface area contributed by atoms with Crippen molar-refractivity contribution in [1.82, 2.24) is 9.97 Å². The molecule has 2 aromatic carbocycles. The van der Waals surface area contributed by atoms with Crippen LogP contribution in [0, 0.1) is 6.92 Å². The van der Waals surface area contributed by atoms with E-state index in [1.807, 2.05) is 31.2 Å². The zero-order valence-electron chi connectivity index (χ0n) is 16.0. The molecule has 0 unspecified atom stereocenters. The summed E-state index contributed by atoms with van der Waals surface area (Å²) >= 11 is 0. The van der Waals surface area contributed by atoms with Gasteiger partial charge in [0.15, 0.2) is 5.82 Å². The smallest absolute Gasteiger partial charge is 0.267 e. The van der Waals surface area contributed by atoms with E-state index in [0.29, 0.717) is 11.3 Å². The molecular formula is C21H21N5O3. The lowest BCUT2D eigenvalue weighted by Gasteiger charge is -2.13. The third kappa shape index (κ3) is 5.07. The number of hydrogen-bond donors (Lipinski definition) is 3. The van der Waals surface area contributed by atoms with E-state index in [1.165, 1.54) is 6.07 Å². The summed E-state index contributed by atoms with van der Waals surface area (Å²) in [5, 5.41) is 2.84. The Kier molecular flexibility index (Phi) is 5.73. The van der Waals surface area contributed by atoms with E-state index in [0.717, 1.165) is 11.3 Å². The minimum atomic E-state index is -0.706. The van der Waals surface area contributed by atoms with Crippen LogP contribution in [0.5, 0.6) is 11.5 Å². The van der Waals surface area contributed by atoms with Crippen molar-refractivity contribution in [2.45, 2.75) is 19.9 Å². The van der Waals surface area contributed by atoms with Gasteiger partial charge in [0, 0.05) is 11.6 Å². The summed E-state index contributed by atoms with van der Waals surface area (Å²) in [6.45, 7) is 3.59. The fourth-order valence-corrected chi connectivity index (χ4v) is 2.48. The van der Waals surface area contributed by atoms with E-state index in [4.69, 9.17) is 16.2 Å². The Hall–Kier alpha value is -3.94. The van der Waals surface area contributed by atoms with Crippen LogP contribution in [0.4, 0.5) is 5.82 Å². The number of nitrogens with one attached hydrogen (secondary N) is 1. The van der Waals surface area contributed by atoms with Crippen LogP contribution in [0.1, 0.15) is 23.0 Å². The molecule has 0 aliphatic carbocycles. The van der Waals surface area contributed by atoms with Crippen LogP contribution >= 0.6 is 0 Å². The number of carbonyl (C=O) groups is 2. The number of aromatic nitrogens is 2. The van der Waals surface area contributed by atoms with Crippen molar-refractivity contribution in [3.05, 3.63) is 65.9 Å². The molecular weight excluding hydrogens is 370 g/mol. The fourth-order valence-electron chi connectivity index (χ4n) is 2.48. The number of hydrogen-bond acceptors (Lipinski definition) is 6. The Morgan fingerprint density at radius 1 is 0.966 bits per heavy atom. The van der Waals surface area contributed by atoms with Gasteiger partial charge in [-0.1, -0.05) is 17.7 Å². The number of primary amides is 2. The maximum Gasteiger partial charge on any atom is 0.267 e. The summed E-state index contributed by atoms with van der Waals surface area (Å²) in [6, 6.07) is 15.5. The summed E-state index contributed by atoms with van der Waals surface area (Å²) < 4.78 is 5.81. The molecule has 0 aliphatic heterocycles. The van der Waals surface area contributed by atoms with Crippen LogP contribution in [0.25, 0.3) is 11.4 Å². The number of ether oxygens (including phenoxy) is 1. The second-order valence-electron chi connectivity index (χ2n) is 6.53. The van der Waals surface area contributed by atoms with Gasteiger partial charge in [-0.25, -0.2) is 9.97 Å². The summed E-state index contributed by atoms with van der Waals surface area (Å²) in [7, 11) is 0. The third-order valence-electron chi connectivity index (χ3n) is 4.14. The monoisotopic (exact) mass is 391 g/mol. The molecule has 0 bridgehead atoms. The van der Waals surface area contributed by atoms with Crippen molar-refractivity contribution >= 4 is 17.6 Å². The number of rotatable bonds is 7. The van der Waals surface area contributed by atoms with Crippen molar-refractivity contribution in [3.8, 4) is 22.9 Å². The van der Waals surface area contributed by atoms with E-state index in [1.54, 1.807) is 31.2 Å². The maximum atomic E-state index is 11.6. The Morgan fingerprint density at radius 2 is 1.55 bits per heavy atom. The molecule has 0 saturated carbocycles. The first kappa shape index (κ1) is 19.8. The highest BCUT2D eigenvalue weighted by Crippen LogP contribution is 2.25. The van der Waals surface area contributed by atoms with Crippen LogP contribution in [0.3, 0.4) is 0 Å². The van der Waals surface area contributed by atoms with Crippen molar-refractivity contribution in [2.24, 2.45) is 11.5 Å². The van der Waals surface area contributed by atoms with E-state index in [9.17, 15) is 9.59 Å². The normalized spacial score (nSPS) is 11.5. The van der Waals surface area contributed by atoms with Gasteiger partial charge < -0.3 is 21.5 Å². The first-order valence-corrected chi connectivity index (χ1v) is 8.91. The molecule has 0 fully saturated rings. The first-order chi connectivity index (χ1) is 13.8. The van der Waals surface area contributed by atoms with Crippen LogP contribution in [0.2, 0.25) is 0 Å². The quantitative estimate of drug-likeness (QED) is 0.567. The Bertz CT molecular complexity index is 1030. The molecule has 2 amide bonds. The van der Waals surface area contributed by atoms with Crippen LogP contribution in [-0.2, 0) is 4.79 Å². The molecule has 3 rings (SSSR count). The Morgan fingerprint density at radius 3 is 2.10 bits per heavy atom. The van der Waals surface area contributed by atoms with Gasteiger partial charge in [-0.3, -0.25) is 9.59 Å². The molecule has 148 valence electrons. The zero-order valence-corrected chi connectivity index (χ0v) is 16.0. The van der Waals surface area contributed by atoms with Gasteiger partial charge in [-0.05, 0) is 50.2 Å². The SMILES string of the molecule is Cc1ccc(Oc2ccc(-c3nc(N[C@@H](C)C(N)=O)cc(C(N)=O)n3)cc2)cc1. The molecule has 0 saturated heterocycles. The molecule has 0 spiro atoms. The van der Waals surface area contributed by atoms with E-state index < -0.39 is 17.9 Å². The minimum absolute atomic E-state index is 0.0224. The highest BCUT2D eigenvalue weighted by molar-refractivity contribution is 5.92. The van der Waals surface area contributed by atoms with Gasteiger partial charge >= 0.3 is 0 Å². The van der Waals surface area contributed by atoms with Crippen LogP contribution in [0.15, 0.2) is 54.6 Å². The summed E-state index contributed by atoms with van der Waals surface area (Å²) in [5.74, 6) is 0.662. The molecule has 29 heavy (non-hydrogen) atoms. The van der Waals surface area contributed by atoms with Crippen LogP contribution < -0.4 is 21.5 Å². The summed E-state index contributed by atoms with van der Waals surface area (Å²) in [6.07, 6.45) is 0. The largest absolute Gasteiger partial charge is 0.457 e. The number of amides is 2. The lowest BCUT2D eigenvalue weighted by Crippen LogP contribution is -2.33. The van der Waals surface area contributed by atoms with Gasteiger partial charge in [0.1, 0.15) is 29.1 Å². The third-order valence-corrected chi connectivity index (χ3v) is 4.14. The van der Waals surface area contributed by atoms with Gasteiger partial charge in [0.05, 0.1) is 0 Å². The van der Waals surface area contributed by atoms with E-state index in [-0.39, 0.29) is 17.3 Å². The number of carbonyl (C=O) groups excluding carboxylic acids is 2. The molecule has 5 N–H and O–H groups in total. The number of anilines is 1. The number of nitrogens with zero attached hydrogens (tertiary/aromatic N) is 2. The Balaban J connectivity index is 1.86. The number of aryl methyl sites for hydroxylation is 1. The highest BCUT2D eigenvalue weighted by atomic mass is 16.5. The van der Waals surface area contributed by atoms with Gasteiger partial charge in [-0.2, -0.15) is 0 Å². The average Bonchev–Trinajstić information content (AvgIpc) is 2.70. The molecule has 1 aromatic heterocycles. The maximum absolute atomic E-state index is 11.6. The molecule has 0 aliphatic rings. The highest BCUT2D eigenvalue weighted by Gasteiger charge is 2.14. The van der Waals surface area contributed by atoms with E-state index >= 15 is 0 Å². The number of nitrogens with two attached hydrogens (primary N) is 2. The standard InChI is InChI=1S/C21H21N5O3/c1-12-3-7-15(8-4-12)29-16-9-5-14(6-10-16)21-25-17(20(23)28)11-18(26-21)24-13(2)19(22)27/h3-11,13H,1-2H3,(H2,22,27)(H2,23,28)(H,24,25,26)/t13-/m0/s1. The lowest BCUT2D eigenvalue weighted by atomic mass is 10.2. The first-order valence-electron chi connectivity index (χ1n) is 8.91. The zero-order chi connectivity index (χ0) is 21.0. The molecule has 1 atom stereocenters. The summed E-state index contributed by atoms with van der Waals surface area (Å²) in [4.78, 5) is 31.5. The molecule has 1 heterocycles. The second kappa shape index (κ2) is 8.39. The fraction of sp³-hybridized carbons (Fsp3) is 0.143. The van der Waals surface area contributed by atoms with Crippen molar-refractivity contribution in [2.75, 3.05) is 5.32 Å². The van der Waals surface area contributed by atoms with E-state index in [2.05, 4.69) is 15.3 Å². The van der Waals surface area contributed by atoms with Crippen molar-refractivity contribution in [1.29, 1.82) is 0 Å². The van der Waals surface area contributed by atoms with Crippen molar-refractivity contribution in [3.63, 3.8) is 0 Å². The summed E-state index contributed by atoms with van der Waals surface area (Å²) in [5.41, 5.74) is 12.5. The predicted octanol–water partition coefficient (Wildman–Crippen LogP) is 2.63. The predicted molar refractivity (Wildman–Crippen MR) is 110 cm³/mol. The van der Waals surface area contributed by atoms with Gasteiger partial charge in [0.2, 0.25) is 5.91 Å². The molecule has 0 radical (unpaired) electrons. The van der Waals surface area contributed by atoms with Gasteiger partial charge in [0.25, 0.3) is 5.91 Å². The topological polar surface area (TPSA) is 133 Å². The second-order valence-corrected chi connectivity index (χ2v) is 6.53. The Labute approximate surface area is 167 Å². The van der Waals surface area contributed by atoms with Crippen LogP contribution in [-0.4, -0.2) is 27.8 Å². The van der Waals surface area contributed by atoms with Gasteiger partial charge in [-0.15, -0.1) is 0 Å². The van der Waals surface area contributed by atoms with Crippen molar-refractivity contribution < 1.29 is 14.3 Å². The number of benzene rings is 2. The molecule has 8 heteroatoms. The minimum Gasteiger partial charge on any atom is -0.457 e. The average molecular weight is 391 g/mol. The molecule has 8 nitrogen and oxygen atoms in total. The lowest BCUT2D eigenvalue weighted by molar-refractivity contribution is -0.118.